The minimum Gasteiger partial charge on any atom is -0.389 e. The van der Waals surface area contributed by atoms with Gasteiger partial charge in [0.1, 0.15) is 4.99 Å². The molecule has 0 aliphatic heterocycles. The van der Waals surface area contributed by atoms with Gasteiger partial charge in [-0.1, -0.05) is 48.1 Å². The minimum atomic E-state index is 0.342. The van der Waals surface area contributed by atoms with Crippen molar-refractivity contribution in [2.24, 2.45) is 5.73 Å². The summed E-state index contributed by atoms with van der Waals surface area (Å²) in [6.45, 7) is 2.82. The average Bonchev–Trinajstić information content (AvgIpc) is 2.38. The molecular formula is C15H15ClN2S. The third-order valence-corrected chi connectivity index (χ3v) is 3.43. The van der Waals surface area contributed by atoms with Crippen LogP contribution in [-0.4, -0.2) is 4.99 Å². The first-order valence-corrected chi connectivity index (χ1v) is 6.74. The van der Waals surface area contributed by atoms with E-state index in [1.165, 1.54) is 11.1 Å². The van der Waals surface area contributed by atoms with E-state index in [1.807, 2.05) is 24.3 Å². The van der Waals surface area contributed by atoms with Crippen molar-refractivity contribution in [3.63, 3.8) is 0 Å². The van der Waals surface area contributed by atoms with Crippen LogP contribution >= 0.6 is 23.8 Å². The zero-order valence-electron chi connectivity index (χ0n) is 10.6. The van der Waals surface area contributed by atoms with Gasteiger partial charge >= 0.3 is 0 Å². The SMILES string of the molecule is Cc1ccccc1CNc1ccc(Cl)cc1C(N)=S. The maximum absolute atomic E-state index is 5.96. The highest BCUT2D eigenvalue weighted by Gasteiger charge is 2.06. The number of nitrogens with two attached hydrogens (primary N) is 1. The molecule has 2 aromatic rings. The number of halogens is 1. The second-order valence-electron chi connectivity index (χ2n) is 4.33. The Kier molecular flexibility index (Phi) is 4.40. The molecule has 0 fully saturated rings. The summed E-state index contributed by atoms with van der Waals surface area (Å²) in [5, 5.41) is 3.98. The Balaban J connectivity index is 2.20. The molecule has 0 heterocycles. The summed E-state index contributed by atoms with van der Waals surface area (Å²) in [5.41, 5.74) is 9.88. The fraction of sp³-hybridized carbons (Fsp3) is 0.133. The topological polar surface area (TPSA) is 38.0 Å². The summed E-state index contributed by atoms with van der Waals surface area (Å²) in [5.74, 6) is 0. The summed E-state index contributed by atoms with van der Waals surface area (Å²) in [4.78, 5) is 0.342. The van der Waals surface area contributed by atoms with Crippen LogP contribution in [0.25, 0.3) is 0 Å². The van der Waals surface area contributed by atoms with Gasteiger partial charge in [0.2, 0.25) is 0 Å². The van der Waals surface area contributed by atoms with E-state index in [9.17, 15) is 0 Å². The van der Waals surface area contributed by atoms with Crippen molar-refractivity contribution >= 4 is 34.5 Å². The number of hydrogen-bond acceptors (Lipinski definition) is 2. The van der Waals surface area contributed by atoms with Crippen LogP contribution in [0.4, 0.5) is 5.69 Å². The van der Waals surface area contributed by atoms with Gasteiger partial charge in [-0.2, -0.15) is 0 Å². The highest BCUT2D eigenvalue weighted by molar-refractivity contribution is 7.80. The van der Waals surface area contributed by atoms with Gasteiger partial charge in [-0.15, -0.1) is 0 Å². The first-order valence-electron chi connectivity index (χ1n) is 5.95. The molecule has 0 bridgehead atoms. The maximum Gasteiger partial charge on any atom is 0.106 e. The summed E-state index contributed by atoms with van der Waals surface area (Å²) >= 11 is 11.0. The van der Waals surface area contributed by atoms with Crippen LogP contribution in [0.2, 0.25) is 5.02 Å². The van der Waals surface area contributed by atoms with Gasteiger partial charge < -0.3 is 11.1 Å². The van der Waals surface area contributed by atoms with Gasteiger partial charge in [0.15, 0.2) is 0 Å². The van der Waals surface area contributed by atoms with Crippen LogP contribution in [0.3, 0.4) is 0 Å². The molecular weight excluding hydrogens is 276 g/mol. The molecule has 0 amide bonds. The molecule has 0 atom stereocenters. The van der Waals surface area contributed by atoms with E-state index in [4.69, 9.17) is 29.6 Å². The molecule has 0 radical (unpaired) electrons. The lowest BCUT2D eigenvalue weighted by molar-refractivity contribution is 1.12. The molecule has 2 rings (SSSR count). The Hall–Kier alpha value is -1.58. The third-order valence-electron chi connectivity index (χ3n) is 2.98. The number of nitrogens with one attached hydrogen (secondary N) is 1. The Labute approximate surface area is 123 Å². The highest BCUT2D eigenvalue weighted by atomic mass is 35.5. The van der Waals surface area contributed by atoms with Crippen LogP contribution in [0, 0.1) is 6.92 Å². The number of rotatable bonds is 4. The number of hydrogen-bond donors (Lipinski definition) is 2. The van der Waals surface area contributed by atoms with Gasteiger partial charge in [-0.05, 0) is 36.2 Å². The maximum atomic E-state index is 5.96. The lowest BCUT2D eigenvalue weighted by Crippen LogP contribution is -2.13. The molecule has 98 valence electrons. The molecule has 19 heavy (non-hydrogen) atoms. The van der Waals surface area contributed by atoms with E-state index in [1.54, 1.807) is 6.07 Å². The zero-order valence-corrected chi connectivity index (χ0v) is 12.2. The fourth-order valence-electron chi connectivity index (χ4n) is 1.87. The monoisotopic (exact) mass is 290 g/mol. The highest BCUT2D eigenvalue weighted by Crippen LogP contribution is 2.21. The van der Waals surface area contributed by atoms with Crippen molar-refractivity contribution < 1.29 is 0 Å². The summed E-state index contributed by atoms with van der Waals surface area (Å²) in [6, 6.07) is 13.7. The first-order chi connectivity index (χ1) is 9.08. The number of thiocarbonyl (C=S) groups is 1. The summed E-state index contributed by atoms with van der Waals surface area (Å²) in [7, 11) is 0. The van der Waals surface area contributed by atoms with Gasteiger partial charge in [0.05, 0.1) is 0 Å². The molecule has 0 unspecified atom stereocenters. The van der Waals surface area contributed by atoms with Gasteiger partial charge in [0, 0.05) is 22.8 Å². The lowest BCUT2D eigenvalue weighted by atomic mass is 10.1. The van der Waals surface area contributed by atoms with Crippen molar-refractivity contribution in [1.29, 1.82) is 0 Å². The Bertz CT molecular complexity index is 611. The molecule has 3 N–H and O–H groups in total. The number of benzene rings is 2. The standard InChI is InChI=1S/C15H15ClN2S/c1-10-4-2-3-5-11(10)9-18-14-7-6-12(16)8-13(14)15(17)19/h2-8,18H,9H2,1H3,(H2,17,19). The minimum absolute atomic E-state index is 0.342. The van der Waals surface area contributed by atoms with Gasteiger partial charge in [-0.3, -0.25) is 0 Å². The van der Waals surface area contributed by atoms with Gasteiger partial charge in [-0.25, -0.2) is 0 Å². The van der Waals surface area contributed by atoms with Crippen LogP contribution in [0.5, 0.6) is 0 Å². The predicted octanol–water partition coefficient (Wildman–Crippen LogP) is 3.89. The Morgan fingerprint density at radius 1 is 1.26 bits per heavy atom. The van der Waals surface area contributed by atoms with E-state index < -0.39 is 0 Å². The molecule has 0 saturated carbocycles. The largest absolute Gasteiger partial charge is 0.389 e. The third kappa shape index (κ3) is 3.46. The Morgan fingerprint density at radius 3 is 2.68 bits per heavy atom. The number of aryl methyl sites for hydroxylation is 1. The molecule has 2 aromatic carbocycles. The van der Waals surface area contributed by atoms with Crippen LogP contribution in [0.1, 0.15) is 16.7 Å². The molecule has 4 heteroatoms. The molecule has 0 spiro atoms. The lowest BCUT2D eigenvalue weighted by Gasteiger charge is -2.13. The van der Waals surface area contributed by atoms with Gasteiger partial charge in [0.25, 0.3) is 0 Å². The quantitative estimate of drug-likeness (QED) is 0.839. The zero-order chi connectivity index (χ0) is 13.8. The first kappa shape index (κ1) is 13.8. The van der Waals surface area contributed by atoms with E-state index in [0.717, 1.165) is 17.8 Å². The van der Waals surface area contributed by atoms with Crippen LogP contribution in [0.15, 0.2) is 42.5 Å². The summed E-state index contributed by atoms with van der Waals surface area (Å²) < 4.78 is 0. The Morgan fingerprint density at radius 2 is 2.00 bits per heavy atom. The smallest absolute Gasteiger partial charge is 0.106 e. The fourth-order valence-corrected chi connectivity index (χ4v) is 2.21. The van der Waals surface area contributed by atoms with Crippen molar-refractivity contribution in [1.82, 2.24) is 0 Å². The van der Waals surface area contributed by atoms with Crippen molar-refractivity contribution in [3.05, 3.63) is 64.2 Å². The molecule has 0 saturated heterocycles. The van der Waals surface area contributed by atoms with E-state index in [-0.39, 0.29) is 0 Å². The van der Waals surface area contributed by atoms with E-state index >= 15 is 0 Å². The average molecular weight is 291 g/mol. The van der Waals surface area contributed by atoms with Crippen molar-refractivity contribution in [2.75, 3.05) is 5.32 Å². The van der Waals surface area contributed by atoms with Crippen LogP contribution in [-0.2, 0) is 6.54 Å². The normalized spacial score (nSPS) is 10.2. The molecule has 0 aromatic heterocycles. The van der Waals surface area contributed by atoms with Crippen molar-refractivity contribution in [2.45, 2.75) is 13.5 Å². The van der Waals surface area contributed by atoms with E-state index in [0.29, 0.717) is 10.0 Å². The predicted molar refractivity (Wildman–Crippen MR) is 85.8 cm³/mol. The molecule has 0 aliphatic carbocycles. The second kappa shape index (κ2) is 6.04. The van der Waals surface area contributed by atoms with Crippen LogP contribution < -0.4 is 11.1 Å². The van der Waals surface area contributed by atoms with Crippen molar-refractivity contribution in [3.8, 4) is 0 Å². The molecule has 0 aliphatic rings. The van der Waals surface area contributed by atoms with E-state index in [2.05, 4.69) is 24.4 Å². The summed E-state index contributed by atoms with van der Waals surface area (Å²) in [6.07, 6.45) is 0. The molecule has 2 nitrogen and oxygen atoms in total. The number of anilines is 1. The second-order valence-corrected chi connectivity index (χ2v) is 5.21.